The second-order valence-electron chi connectivity index (χ2n) is 4.84. The summed E-state index contributed by atoms with van der Waals surface area (Å²) in [5.41, 5.74) is 1.95. The van der Waals surface area contributed by atoms with Gasteiger partial charge in [0.05, 0.1) is 23.2 Å². The number of hydrogen-bond donors (Lipinski definition) is 1. The third kappa shape index (κ3) is 2.76. The van der Waals surface area contributed by atoms with E-state index in [0.717, 1.165) is 23.4 Å². The van der Waals surface area contributed by atoms with Crippen LogP contribution in [0.3, 0.4) is 0 Å². The zero-order chi connectivity index (χ0) is 14.0. The minimum atomic E-state index is -0.929. The van der Waals surface area contributed by atoms with Crippen molar-refractivity contribution in [2.45, 2.75) is 20.4 Å². The molecule has 19 heavy (non-hydrogen) atoms. The summed E-state index contributed by atoms with van der Waals surface area (Å²) in [5.74, 6) is 0.336. The van der Waals surface area contributed by atoms with E-state index in [-0.39, 0.29) is 5.56 Å². The van der Waals surface area contributed by atoms with Crippen LogP contribution < -0.4 is 0 Å². The Kier molecular flexibility index (Phi) is 3.85. The van der Waals surface area contributed by atoms with Gasteiger partial charge < -0.3 is 14.4 Å². The van der Waals surface area contributed by atoms with Crippen molar-refractivity contribution in [3.63, 3.8) is 0 Å². The van der Waals surface area contributed by atoms with Gasteiger partial charge >= 0.3 is 5.97 Å². The number of fused-ring (bicyclic) bond motifs is 1. The van der Waals surface area contributed by atoms with E-state index in [1.54, 1.807) is 19.2 Å². The van der Waals surface area contributed by atoms with Crippen LogP contribution in [0.4, 0.5) is 0 Å². The van der Waals surface area contributed by atoms with Gasteiger partial charge in [-0.15, -0.1) is 0 Å². The lowest BCUT2D eigenvalue weighted by molar-refractivity contribution is 0.0697. The molecular weight excluding hydrogens is 244 g/mol. The van der Waals surface area contributed by atoms with Crippen LogP contribution >= 0.6 is 0 Å². The minimum absolute atomic E-state index is 0.266. The quantitative estimate of drug-likeness (QED) is 0.898. The number of methoxy groups -OCH3 is 1. The first-order valence-corrected chi connectivity index (χ1v) is 6.22. The maximum absolute atomic E-state index is 10.9. The second kappa shape index (κ2) is 5.40. The van der Waals surface area contributed by atoms with Crippen LogP contribution in [-0.4, -0.2) is 34.3 Å². The largest absolute Gasteiger partial charge is 0.478 e. The van der Waals surface area contributed by atoms with Crippen molar-refractivity contribution in [2.24, 2.45) is 5.92 Å². The first-order valence-electron chi connectivity index (χ1n) is 6.22. The number of ether oxygens (including phenoxy) is 1. The third-order valence-corrected chi connectivity index (χ3v) is 3.13. The van der Waals surface area contributed by atoms with Crippen LogP contribution in [0, 0.1) is 12.8 Å². The second-order valence-corrected chi connectivity index (χ2v) is 4.84. The molecule has 1 N–H and O–H groups in total. The van der Waals surface area contributed by atoms with Crippen LogP contribution in [-0.2, 0) is 11.3 Å². The van der Waals surface area contributed by atoms with E-state index in [9.17, 15) is 4.79 Å². The molecule has 0 spiro atoms. The molecule has 2 aromatic rings. The fraction of sp³-hybridized carbons (Fsp3) is 0.429. The lowest BCUT2D eigenvalue weighted by Gasteiger charge is -2.13. The molecule has 0 aliphatic rings. The van der Waals surface area contributed by atoms with E-state index >= 15 is 0 Å². The Balaban J connectivity index is 2.39. The number of nitrogens with zero attached hydrogens (tertiary/aromatic N) is 2. The van der Waals surface area contributed by atoms with E-state index in [2.05, 4.69) is 16.5 Å². The summed E-state index contributed by atoms with van der Waals surface area (Å²) in [6.45, 7) is 5.54. The summed E-state index contributed by atoms with van der Waals surface area (Å²) in [7, 11) is 1.69. The molecule has 0 radical (unpaired) electrons. The van der Waals surface area contributed by atoms with Gasteiger partial charge in [-0.2, -0.15) is 0 Å². The predicted octanol–water partition coefficient (Wildman–Crippen LogP) is 2.33. The molecule has 0 saturated carbocycles. The van der Waals surface area contributed by atoms with Gasteiger partial charge in [0, 0.05) is 13.7 Å². The Labute approximate surface area is 111 Å². The topological polar surface area (TPSA) is 64.4 Å². The Hall–Kier alpha value is -1.88. The van der Waals surface area contributed by atoms with Crippen LogP contribution in [0.15, 0.2) is 18.2 Å². The summed E-state index contributed by atoms with van der Waals surface area (Å²) in [5, 5.41) is 8.98. The highest BCUT2D eigenvalue weighted by Gasteiger charge is 2.12. The third-order valence-electron chi connectivity index (χ3n) is 3.13. The van der Waals surface area contributed by atoms with E-state index in [1.165, 1.54) is 0 Å². The number of imidazole rings is 1. The summed E-state index contributed by atoms with van der Waals surface area (Å²) < 4.78 is 7.25. The number of aromatic nitrogens is 2. The van der Waals surface area contributed by atoms with Crippen LogP contribution in [0.2, 0.25) is 0 Å². The first-order chi connectivity index (χ1) is 9.02. The molecule has 0 saturated heterocycles. The summed E-state index contributed by atoms with van der Waals surface area (Å²) in [4.78, 5) is 15.4. The average Bonchev–Trinajstić information content (AvgIpc) is 2.65. The lowest BCUT2D eigenvalue weighted by atomic mass is 10.1. The van der Waals surface area contributed by atoms with Crippen molar-refractivity contribution >= 4 is 17.0 Å². The van der Waals surface area contributed by atoms with E-state index < -0.39 is 5.97 Å². The number of aryl methyl sites for hydroxylation is 1. The molecule has 5 nitrogen and oxygen atoms in total. The Morgan fingerprint density at radius 2 is 2.26 bits per heavy atom. The van der Waals surface area contributed by atoms with Crippen molar-refractivity contribution < 1.29 is 14.6 Å². The molecule has 1 atom stereocenters. The summed E-state index contributed by atoms with van der Waals surface area (Å²) in [6.07, 6.45) is 0. The maximum Gasteiger partial charge on any atom is 0.335 e. The van der Waals surface area contributed by atoms with Crippen molar-refractivity contribution in [3.8, 4) is 0 Å². The SMILES string of the molecule is COCC(C)Cn1c(C)nc2cc(C(=O)O)ccc21. The molecule has 0 amide bonds. The number of rotatable bonds is 5. The number of hydrogen-bond acceptors (Lipinski definition) is 3. The van der Waals surface area contributed by atoms with Gasteiger partial charge in [-0.1, -0.05) is 6.92 Å². The molecule has 102 valence electrons. The summed E-state index contributed by atoms with van der Waals surface area (Å²) in [6, 6.07) is 5.05. The normalized spacial score (nSPS) is 12.8. The van der Waals surface area contributed by atoms with Crippen LogP contribution in [0.5, 0.6) is 0 Å². The molecule has 0 aliphatic heterocycles. The Bertz CT molecular complexity index is 604. The highest BCUT2D eigenvalue weighted by Crippen LogP contribution is 2.19. The lowest BCUT2D eigenvalue weighted by Crippen LogP contribution is -2.13. The van der Waals surface area contributed by atoms with Crippen LogP contribution in [0.25, 0.3) is 11.0 Å². The fourth-order valence-electron chi connectivity index (χ4n) is 2.26. The highest BCUT2D eigenvalue weighted by atomic mass is 16.5. The van der Waals surface area contributed by atoms with Gasteiger partial charge in [-0.05, 0) is 31.0 Å². The van der Waals surface area contributed by atoms with E-state index in [4.69, 9.17) is 9.84 Å². The number of carboxylic acids is 1. The molecule has 1 heterocycles. The van der Waals surface area contributed by atoms with Crippen molar-refractivity contribution in [1.29, 1.82) is 0 Å². The van der Waals surface area contributed by atoms with Crippen molar-refractivity contribution in [1.82, 2.24) is 9.55 Å². The standard InChI is InChI=1S/C14H18N2O3/c1-9(8-19-3)7-16-10(2)15-12-6-11(14(17)18)4-5-13(12)16/h4-6,9H,7-8H2,1-3H3,(H,17,18). The van der Waals surface area contributed by atoms with Gasteiger partial charge in [0.15, 0.2) is 0 Å². The smallest absolute Gasteiger partial charge is 0.335 e. The predicted molar refractivity (Wildman–Crippen MR) is 72.5 cm³/mol. The molecule has 1 unspecified atom stereocenters. The van der Waals surface area contributed by atoms with Gasteiger partial charge in [0.1, 0.15) is 5.82 Å². The minimum Gasteiger partial charge on any atom is -0.478 e. The molecule has 2 rings (SSSR count). The molecule has 1 aromatic carbocycles. The van der Waals surface area contributed by atoms with Crippen LogP contribution in [0.1, 0.15) is 23.1 Å². The molecule has 0 bridgehead atoms. The first kappa shape index (κ1) is 13.5. The number of aromatic carboxylic acids is 1. The Morgan fingerprint density at radius 3 is 2.89 bits per heavy atom. The van der Waals surface area contributed by atoms with E-state index in [1.807, 2.05) is 13.0 Å². The maximum atomic E-state index is 10.9. The van der Waals surface area contributed by atoms with Gasteiger partial charge in [-0.25, -0.2) is 9.78 Å². The molecular formula is C14H18N2O3. The Morgan fingerprint density at radius 1 is 1.53 bits per heavy atom. The highest BCUT2D eigenvalue weighted by molar-refractivity contribution is 5.92. The van der Waals surface area contributed by atoms with Gasteiger partial charge in [0.25, 0.3) is 0 Å². The number of carbonyl (C=O) groups is 1. The zero-order valence-electron chi connectivity index (χ0n) is 11.4. The number of carboxylic acid groups (broad SMARTS) is 1. The monoisotopic (exact) mass is 262 g/mol. The molecule has 5 heteroatoms. The fourth-order valence-corrected chi connectivity index (χ4v) is 2.26. The van der Waals surface area contributed by atoms with E-state index in [0.29, 0.717) is 12.5 Å². The average molecular weight is 262 g/mol. The van der Waals surface area contributed by atoms with Crippen molar-refractivity contribution in [3.05, 3.63) is 29.6 Å². The van der Waals surface area contributed by atoms with Gasteiger partial charge in [0.2, 0.25) is 0 Å². The van der Waals surface area contributed by atoms with Gasteiger partial charge in [-0.3, -0.25) is 0 Å². The zero-order valence-corrected chi connectivity index (χ0v) is 11.4. The molecule has 0 fully saturated rings. The number of benzene rings is 1. The van der Waals surface area contributed by atoms with Crippen molar-refractivity contribution in [2.75, 3.05) is 13.7 Å². The molecule has 1 aromatic heterocycles. The summed E-state index contributed by atoms with van der Waals surface area (Å²) >= 11 is 0. The molecule has 0 aliphatic carbocycles.